The number of halogens is 2. The van der Waals surface area contributed by atoms with Crippen molar-refractivity contribution in [3.8, 4) is 11.5 Å². The van der Waals surface area contributed by atoms with Crippen LogP contribution in [0.25, 0.3) is 0 Å². The van der Waals surface area contributed by atoms with Crippen LogP contribution in [0.3, 0.4) is 0 Å². The summed E-state index contributed by atoms with van der Waals surface area (Å²) in [5.74, 6) is 0.326. The highest BCUT2D eigenvalue weighted by Gasteiger charge is 2.03. The smallest absolute Gasteiger partial charge is 0.165 e. The molecule has 0 unspecified atom stereocenters. The van der Waals surface area contributed by atoms with Crippen LogP contribution < -0.4 is 15.2 Å². The van der Waals surface area contributed by atoms with Gasteiger partial charge in [0.2, 0.25) is 0 Å². The van der Waals surface area contributed by atoms with Crippen molar-refractivity contribution in [1.29, 1.82) is 0 Å². The van der Waals surface area contributed by atoms with Gasteiger partial charge in [0.15, 0.2) is 11.6 Å². The molecule has 1 aromatic carbocycles. The van der Waals surface area contributed by atoms with Gasteiger partial charge < -0.3 is 15.2 Å². The number of rotatable bonds is 4. The van der Waals surface area contributed by atoms with Gasteiger partial charge >= 0.3 is 0 Å². The third kappa shape index (κ3) is 3.40. The van der Waals surface area contributed by atoms with Gasteiger partial charge in [-0.15, -0.1) is 12.4 Å². The minimum absolute atomic E-state index is 0. The van der Waals surface area contributed by atoms with Crippen LogP contribution in [0.5, 0.6) is 11.5 Å². The van der Waals surface area contributed by atoms with Crippen molar-refractivity contribution < 1.29 is 13.9 Å². The predicted molar refractivity (Wildman–Crippen MR) is 54.7 cm³/mol. The molecule has 1 rings (SSSR count). The Labute approximate surface area is 88.4 Å². The summed E-state index contributed by atoms with van der Waals surface area (Å²) in [6.45, 7) is 0.654. The molecule has 3 nitrogen and oxygen atoms in total. The first-order valence-corrected chi connectivity index (χ1v) is 3.94. The summed E-state index contributed by atoms with van der Waals surface area (Å²) in [5.41, 5.74) is 5.22. The van der Waals surface area contributed by atoms with E-state index in [2.05, 4.69) is 0 Å². The lowest BCUT2D eigenvalue weighted by Crippen LogP contribution is -2.11. The van der Waals surface area contributed by atoms with Crippen LogP contribution in [0.1, 0.15) is 0 Å². The molecule has 5 heteroatoms. The number of ether oxygens (including phenoxy) is 2. The Hall–Kier alpha value is -1.00. The quantitative estimate of drug-likeness (QED) is 0.840. The normalized spacial score (nSPS) is 9.07. The Kier molecular flexibility index (Phi) is 5.99. The maximum absolute atomic E-state index is 13.0. The molecule has 2 N–H and O–H groups in total. The molecule has 0 fully saturated rings. The Morgan fingerprint density at radius 2 is 2.14 bits per heavy atom. The maximum Gasteiger partial charge on any atom is 0.165 e. The lowest BCUT2D eigenvalue weighted by atomic mass is 10.3. The van der Waals surface area contributed by atoms with Gasteiger partial charge in [-0.2, -0.15) is 0 Å². The van der Waals surface area contributed by atoms with Crippen molar-refractivity contribution in [3.63, 3.8) is 0 Å². The zero-order valence-corrected chi connectivity index (χ0v) is 8.64. The fourth-order valence-corrected chi connectivity index (χ4v) is 0.890. The lowest BCUT2D eigenvalue weighted by molar-refractivity contribution is 0.308. The number of benzene rings is 1. The molecule has 14 heavy (non-hydrogen) atoms. The first kappa shape index (κ1) is 13.0. The Morgan fingerprint density at radius 3 is 2.71 bits per heavy atom. The second-order valence-corrected chi connectivity index (χ2v) is 2.43. The first-order chi connectivity index (χ1) is 6.27. The standard InChI is InChI=1S/C9H12FNO2.ClH/c1-12-7-2-3-8(10)9(6-7)13-5-4-11;/h2-3,6H,4-5,11H2,1H3;1H. The van der Waals surface area contributed by atoms with E-state index in [9.17, 15) is 4.39 Å². The average molecular weight is 222 g/mol. The van der Waals surface area contributed by atoms with Crippen molar-refractivity contribution in [2.24, 2.45) is 5.73 Å². The number of methoxy groups -OCH3 is 1. The van der Waals surface area contributed by atoms with Crippen LogP contribution in [0.15, 0.2) is 18.2 Å². The molecule has 0 heterocycles. The zero-order chi connectivity index (χ0) is 9.68. The fraction of sp³-hybridized carbons (Fsp3) is 0.333. The lowest BCUT2D eigenvalue weighted by Gasteiger charge is -2.07. The van der Waals surface area contributed by atoms with E-state index in [1.54, 1.807) is 0 Å². The molecule has 0 aliphatic heterocycles. The number of nitrogens with two attached hydrogens (primary N) is 1. The molecule has 0 aliphatic carbocycles. The molecule has 0 aromatic heterocycles. The van der Waals surface area contributed by atoms with Gasteiger partial charge in [0.25, 0.3) is 0 Å². The molecule has 0 saturated heterocycles. The van der Waals surface area contributed by atoms with Gasteiger partial charge in [0.05, 0.1) is 7.11 Å². The van der Waals surface area contributed by atoms with Gasteiger partial charge in [-0.05, 0) is 12.1 Å². The maximum atomic E-state index is 13.0. The molecule has 0 saturated carbocycles. The van der Waals surface area contributed by atoms with E-state index >= 15 is 0 Å². The average Bonchev–Trinajstić information content (AvgIpc) is 2.17. The van der Waals surface area contributed by atoms with Crippen LogP contribution >= 0.6 is 12.4 Å². The minimum Gasteiger partial charge on any atom is -0.497 e. The van der Waals surface area contributed by atoms with Crippen molar-refractivity contribution >= 4 is 12.4 Å². The van der Waals surface area contributed by atoms with Crippen LogP contribution in [0.2, 0.25) is 0 Å². The fourth-order valence-electron chi connectivity index (χ4n) is 0.890. The van der Waals surface area contributed by atoms with E-state index in [4.69, 9.17) is 15.2 Å². The van der Waals surface area contributed by atoms with Gasteiger partial charge in [0.1, 0.15) is 12.4 Å². The Morgan fingerprint density at radius 1 is 1.43 bits per heavy atom. The largest absolute Gasteiger partial charge is 0.497 e. The minimum atomic E-state index is -0.408. The predicted octanol–water partition coefficient (Wildman–Crippen LogP) is 1.59. The van der Waals surface area contributed by atoms with E-state index in [-0.39, 0.29) is 18.2 Å². The highest BCUT2D eigenvalue weighted by Crippen LogP contribution is 2.22. The summed E-state index contributed by atoms with van der Waals surface area (Å²) in [5, 5.41) is 0. The summed E-state index contributed by atoms with van der Waals surface area (Å²) in [7, 11) is 1.51. The van der Waals surface area contributed by atoms with Gasteiger partial charge in [-0.3, -0.25) is 0 Å². The first-order valence-electron chi connectivity index (χ1n) is 3.94. The highest BCUT2D eigenvalue weighted by molar-refractivity contribution is 5.85. The zero-order valence-electron chi connectivity index (χ0n) is 7.83. The molecule has 0 radical (unpaired) electrons. The molecule has 0 amide bonds. The second kappa shape index (κ2) is 6.45. The number of hydrogen-bond acceptors (Lipinski definition) is 3. The van der Waals surface area contributed by atoms with Crippen molar-refractivity contribution in [3.05, 3.63) is 24.0 Å². The summed E-state index contributed by atoms with van der Waals surface area (Å²) in [6, 6.07) is 4.32. The molecular weight excluding hydrogens is 209 g/mol. The van der Waals surface area contributed by atoms with Gasteiger partial charge in [-0.1, -0.05) is 0 Å². The molecule has 0 atom stereocenters. The van der Waals surface area contributed by atoms with Crippen molar-refractivity contribution in [2.45, 2.75) is 0 Å². The van der Waals surface area contributed by atoms with E-state index in [0.29, 0.717) is 18.9 Å². The molecule has 1 aromatic rings. The van der Waals surface area contributed by atoms with E-state index in [1.165, 1.54) is 25.3 Å². The van der Waals surface area contributed by atoms with Crippen molar-refractivity contribution in [2.75, 3.05) is 20.3 Å². The van der Waals surface area contributed by atoms with Crippen LogP contribution in [-0.2, 0) is 0 Å². The highest BCUT2D eigenvalue weighted by atomic mass is 35.5. The second-order valence-electron chi connectivity index (χ2n) is 2.43. The third-order valence-corrected chi connectivity index (χ3v) is 1.51. The molecule has 0 bridgehead atoms. The molecule has 0 spiro atoms. The van der Waals surface area contributed by atoms with Gasteiger partial charge in [0, 0.05) is 12.6 Å². The Bertz CT molecular complexity index is 284. The van der Waals surface area contributed by atoms with Crippen LogP contribution in [0, 0.1) is 5.82 Å². The van der Waals surface area contributed by atoms with E-state index in [1.807, 2.05) is 0 Å². The molecular formula is C9H13ClFNO2. The third-order valence-electron chi connectivity index (χ3n) is 1.51. The van der Waals surface area contributed by atoms with E-state index < -0.39 is 5.82 Å². The van der Waals surface area contributed by atoms with Crippen molar-refractivity contribution in [1.82, 2.24) is 0 Å². The summed E-state index contributed by atoms with van der Waals surface area (Å²) >= 11 is 0. The van der Waals surface area contributed by atoms with Crippen LogP contribution in [0.4, 0.5) is 4.39 Å². The summed E-state index contributed by atoms with van der Waals surface area (Å²) in [6.07, 6.45) is 0. The van der Waals surface area contributed by atoms with E-state index in [0.717, 1.165) is 0 Å². The topological polar surface area (TPSA) is 44.5 Å². The monoisotopic (exact) mass is 221 g/mol. The number of hydrogen-bond donors (Lipinski definition) is 1. The Balaban J connectivity index is 0.00000169. The summed E-state index contributed by atoms with van der Waals surface area (Å²) < 4.78 is 23.0. The SMILES string of the molecule is COc1ccc(F)c(OCCN)c1.Cl. The summed E-state index contributed by atoms with van der Waals surface area (Å²) in [4.78, 5) is 0. The van der Waals surface area contributed by atoms with Gasteiger partial charge in [-0.25, -0.2) is 4.39 Å². The molecule has 0 aliphatic rings. The molecule has 80 valence electrons. The van der Waals surface area contributed by atoms with Crippen LogP contribution in [-0.4, -0.2) is 20.3 Å².